The van der Waals surface area contributed by atoms with E-state index in [0.29, 0.717) is 36.7 Å². The molecule has 0 saturated carbocycles. The molecule has 9 heteroatoms. The summed E-state index contributed by atoms with van der Waals surface area (Å²) < 4.78 is 26.9. The number of benzene rings is 1. The van der Waals surface area contributed by atoms with Crippen LogP contribution < -0.4 is 4.90 Å². The van der Waals surface area contributed by atoms with Crippen LogP contribution in [0, 0.1) is 0 Å². The van der Waals surface area contributed by atoms with Gasteiger partial charge in [0.15, 0.2) is 11.5 Å². The Balaban J connectivity index is 1.54. The Bertz CT molecular complexity index is 948. The highest BCUT2D eigenvalue weighted by atomic mass is 32.2. The van der Waals surface area contributed by atoms with E-state index in [2.05, 4.69) is 24.8 Å². The molecule has 8 nitrogen and oxygen atoms in total. The number of anilines is 1. The molecular formula is C15H16N6O2S. The molecule has 124 valence electrons. The lowest BCUT2D eigenvalue weighted by Crippen LogP contribution is -2.49. The molecule has 3 aromatic rings. The summed E-state index contributed by atoms with van der Waals surface area (Å²) in [6.45, 7) is 1.96. The van der Waals surface area contributed by atoms with E-state index in [4.69, 9.17) is 0 Å². The normalized spacial score (nSPS) is 16.6. The summed E-state index contributed by atoms with van der Waals surface area (Å²) >= 11 is 0. The third-order valence-corrected chi connectivity index (χ3v) is 6.03. The van der Waals surface area contributed by atoms with Crippen LogP contribution in [-0.4, -0.2) is 58.8 Å². The average Bonchev–Trinajstić information content (AvgIpc) is 3.11. The van der Waals surface area contributed by atoms with Crippen LogP contribution in [0.2, 0.25) is 0 Å². The van der Waals surface area contributed by atoms with Gasteiger partial charge >= 0.3 is 0 Å². The molecule has 4 rings (SSSR count). The minimum absolute atomic E-state index is 0.330. The van der Waals surface area contributed by atoms with Crippen molar-refractivity contribution in [1.29, 1.82) is 0 Å². The van der Waals surface area contributed by atoms with E-state index in [1.165, 1.54) is 10.6 Å². The number of aromatic nitrogens is 4. The van der Waals surface area contributed by atoms with Gasteiger partial charge in [0, 0.05) is 26.2 Å². The molecule has 1 aliphatic heterocycles. The van der Waals surface area contributed by atoms with Gasteiger partial charge in [0.2, 0.25) is 10.0 Å². The highest BCUT2D eigenvalue weighted by Crippen LogP contribution is 2.23. The molecule has 1 aromatic carbocycles. The van der Waals surface area contributed by atoms with Crippen LogP contribution in [0.1, 0.15) is 0 Å². The molecule has 0 bridgehead atoms. The fourth-order valence-electron chi connectivity index (χ4n) is 2.87. The first-order valence-corrected chi connectivity index (χ1v) is 9.04. The summed E-state index contributed by atoms with van der Waals surface area (Å²) in [5.41, 5.74) is 1.39. The molecule has 1 N–H and O–H groups in total. The van der Waals surface area contributed by atoms with Crippen LogP contribution in [-0.2, 0) is 10.0 Å². The summed E-state index contributed by atoms with van der Waals surface area (Å²) in [6.07, 6.45) is 3.06. The van der Waals surface area contributed by atoms with Crippen LogP contribution in [0.4, 0.5) is 5.82 Å². The van der Waals surface area contributed by atoms with Crippen LogP contribution in [0.15, 0.2) is 47.9 Å². The number of hydrogen-bond acceptors (Lipinski definition) is 6. The second-order valence-electron chi connectivity index (χ2n) is 5.50. The maximum absolute atomic E-state index is 12.7. The number of aromatic amines is 1. The molecule has 2 aromatic heterocycles. The van der Waals surface area contributed by atoms with Gasteiger partial charge in [-0.25, -0.2) is 23.4 Å². The Labute approximate surface area is 139 Å². The van der Waals surface area contributed by atoms with E-state index >= 15 is 0 Å². The van der Waals surface area contributed by atoms with Crippen molar-refractivity contribution in [3.8, 4) is 0 Å². The zero-order chi connectivity index (χ0) is 16.6. The first kappa shape index (κ1) is 15.0. The lowest BCUT2D eigenvalue weighted by molar-refractivity contribution is 0.384. The number of nitrogens with zero attached hydrogens (tertiary/aromatic N) is 5. The second kappa shape index (κ2) is 5.84. The van der Waals surface area contributed by atoms with E-state index in [1.807, 2.05) is 6.07 Å². The van der Waals surface area contributed by atoms with E-state index < -0.39 is 10.0 Å². The zero-order valence-electron chi connectivity index (χ0n) is 12.8. The Morgan fingerprint density at radius 1 is 0.958 bits per heavy atom. The monoisotopic (exact) mass is 344 g/mol. The molecule has 0 aliphatic carbocycles. The van der Waals surface area contributed by atoms with Crippen LogP contribution >= 0.6 is 0 Å². The number of hydrogen-bond donors (Lipinski definition) is 1. The van der Waals surface area contributed by atoms with Crippen LogP contribution in [0.3, 0.4) is 0 Å². The van der Waals surface area contributed by atoms with Crippen molar-refractivity contribution in [2.75, 3.05) is 31.1 Å². The summed E-state index contributed by atoms with van der Waals surface area (Å²) in [7, 11) is -3.45. The summed E-state index contributed by atoms with van der Waals surface area (Å²) in [4.78, 5) is 18.0. The minimum atomic E-state index is -3.45. The topological polar surface area (TPSA) is 95.1 Å². The van der Waals surface area contributed by atoms with Gasteiger partial charge in [-0.1, -0.05) is 18.2 Å². The van der Waals surface area contributed by atoms with Crippen molar-refractivity contribution in [3.05, 3.63) is 43.0 Å². The predicted octanol–water partition coefficient (Wildman–Crippen LogP) is 0.864. The maximum Gasteiger partial charge on any atom is 0.243 e. The quantitative estimate of drug-likeness (QED) is 0.757. The number of sulfonamides is 1. The molecule has 24 heavy (non-hydrogen) atoms. The molecule has 1 fully saturated rings. The number of piperazine rings is 1. The van der Waals surface area contributed by atoms with Gasteiger partial charge in [-0.2, -0.15) is 4.31 Å². The SMILES string of the molecule is O=S(=O)(c1ccccc1)N1CCN(c2ncnc3nc[nH]c23)CC1. The second-order valence-corrected chi connectivity index (χ2v) is 7.44. The lowest BCUT2D eigenvalue weighted by Gasteiger charge is -2.34. The third-order valence-electron chi connectivity index (χ3n) is 4.12. The van der Waals surface area contributed by atoms with Crippen LogP contribution in [0.25, 0.3) is 11.2 Å². The van der Waals surface area contributed by atoms with Crippen molar-refractivity contribution in [3.63, 3.8) is 0 Å². The van der Waals surface area contributed by atoms with E-state index in [0.717, 1.165) is 11.3 Å². The highest BCUT2D eigenvalue weighted by Gasteiger charge is 2.29. The van der Waals surface area contributed by atoms with Gasteiger partial charge in [0.05, 0.1) is 11.2 Å². The van der Waals surface area contributed by atoms with E-state index in [9.17, 15) is 8.42 Å². The van der Waals surface area contributed by atoms with Gasteiger partial charge in [-0.05, 0) is 12.1 Å². The summed E-state index contributed by atoms with van der Waals surface area (Å²) in [5, 5.41) is 0. The Morgan fingerprint density at radius 3 is 2.46 bits per heavy atom. The first-order valence-electron chi connectivity index (χ1n) is 7.60. The summed E-state index contributed by atoms with van der Waals surface area (Å²) in [6, 6.07) is 8.53. The van der Waals surface area contributed by atoms with Gasteiger partial charge in [-0.3, -0.25) is 0 Å². The lowest BCUT2D eigenvalue weighted by atomic mass is 10.3. The highest BCUT2D eigenvalue weighted by molar-refractivity contribution is 7.89. The molecule has 1 aliphatic rings. The largest absolute Gasteiger partial charge is 0.352 e. The molecule has 1 saturated heterocycles. The third kappa shape index (κ3) is 2.51. The Hall–Kier alpha value is -2.52. The number of fused-ring (bicyclic) bond motifs is 1. The van der Waals surface area contributed by atoms with Crippen molar-refractivity contribution in [1.82, 2.24) is 24.2 Å². The van der Waals surface area contributed by atoms with Crippen molar-refractivity contribution in [2.24, 2.45) is 0 Å². The fourth-order valence-corrected chi connectivity index (χ4v) is 4.32. The van der Waals surface area contributed by atoms with Crippen molar-refractivity contribution < 1.29 is 8.42 Å². The number of imidazole rings is 1. The molecule has 0 radical (unpaired) electrons. The van der Waals surface area contributed by atoms with Gasteiger partial charge in [0.1, 0.15) is 11.8 Å². The molecule has 3 heterocycles. The summed E-state index contributed by atoms with van der Waals surface area (Å²) in [5.74, 6) is 0.759. The van der Waals surface area contributed by atoms with Crippen molar-refractivity contribution in [2.45, 2.75) is 4.90 Å². The number of nitrogens with one attached hydrogen (secondary N) is 1. The molecule has 0 unspecified atom stereocenters. The molecular weight excluding hydrogens is 328 g/mol. The molecule has 0 amide bonds. The zero-order valence-corrected chi connectivity index (χ0v) is 13.6. The maximum atomic E-state index is 12.7. The molecule has 0 spiro atoms. The average molecular weight is 344 g/mol. The predicted molar refractivity (Wildman–Crippen MR) is 89.1 cm³/mol. The smallest absolute Gasteiger partial charge is 0.243 e. The first-order chi connectivity index (χ1) is 11.7. The van der Waals surface area contributed by atoms with Gasteiger partial charge in [0.25, 0.3) is 0 Å². The molecule has 0 atom stereocenters. The standard InChI is InChI=1S/C15H16N6O2S/c22-24(23,12-4-2-1-3-5-12)21-8-6-20(7-9-21)15-13-14(17-10-16-13)18-11-19-15/h1-5,10-11H,6-9H2,(H,16,17,18,19). The fraction of sp³-hybridized carbons (Fsp3) is 0.267. The van der Waals surface area contributed by atoms with Gasteiger partial charge in [-0.15, -0.1) is 0 Å². The minimum Gasteiger partial charge on any atom is -0.352 e. The number of rotatable bonds is 3. The number of H-pyrrole nitrogens is 1. The van der Waals surface area contributed by atoms with Crippen molar-refractivity contribution >= 4 is 27.0 Å². The van der Waals surface area contributed by atoms with Gasteiger partial charge < -0.3 is 9.88 Å². The van der Waals surface area contributed by atoms with Crippen LogP contribution in [0.5, 0.6) is 0 Å². The van der Waals surface area contributed by atoms with E-state index in [-0.39, 0.29) is 0 Å². The Kier molecular flexibility index (Phi) is 3.66. The van der Waals surface area contributed by atoms with E-state index in [1.54, 1.807) is 30.6 Å². The Morgan fingerprint density at radius 2 is 1.71 bits per heavy atom.